The van der Waals surface area contributed by atoms with E-state index in [2.05, 4.69) is 0 Å². The normalized spacial score (nSPS) is 10.8. The van der Waals surface area contributed by atoms with Gasteiger partial charge in [0, 0.05) is 19.6 Å². The largest absolute Gasteiger partial charge is 0.466 e. The van der Waals surface area contributed by atoms with Crippen LogP contribution in [0.3, 0.4) is 0 Å². The fourth-order valence-corrected chi connectivity index (χ4v) is 2.23. The number of carbonyl (C=O) groups is 1. The lowest BCUT2D eigenvalue weighted by Gasteiger charge is -2.04. The monoisotopic (exact) mass is 301 g/mol. The highest BCUT2D eigenvalue weighted by Crippen LogP contribution is 2.11. The minimum atomic E-state index is -0.0498. The molecule has 0 saturated heterocycles. The Morgan fingerprint density at radius 3 is 1.90 bits per heavy atom. The molecular weight excluding hydrogens is 266 g/mol. The molecule has 0 saturated carbocycles. The van der Waals surface area contributed by atoms with E-state index in [0.717, 1.165) is 39.0 Å². The smallest absolute Gasteiger partial charge is 0.305 e. The molecule has 4 nitrogen and oxygen atoms in total. The molecule has 0 amide bonds. The van der Waals surface area contributed by atoms with E-state index in [1.807, 2.05) is 6.92 Å². The summed E-state index contributed by atoms with van der Waals surface area (Å²) in [6.07, 6.45) is 12.6. The zero-order chi connectivity index (χ0) is 15.6. The first-order valence-electron chi connectivity index (χ1n) is 8.74. The van der Waals surface area contributed by atoms with Crippen molar-refractivity contribution in [3.05, 3.63) is 0 Å². The summed E-state index contributed by atoms with van der Waals surface area (Å²) in [5, 5.41) is 0. The van der Waals surface area contributed by atoms with Crippen LogP contribution in [0.5, 0.6) is 0 Å². The Morgan fingerprint density at radius 2 is 1.33 bits per heavy atom. The molecule has 21 heavy (non-hydrogen) atoms. The third-order valence-electron chi connectivity index (χ3n) is 3.47. The quantitative estimate of drug-likeness (QED) is 0.348. The zero-order valence-corrected chi connectivity index (χ0v) is 13.9. The predicted octanol–water partition coefficient (Wildman–Crippen LogP) is 3.82. The number of hydrogen-bond donors (Lipinski definition) is 1. The van der Waals surface area contributed by atoms with E-state index in [1.54, 1.807) is 0 Å². The van der Waals surface area contributed by atoms with Crippen LogP contribution in [0.15, 0.2) is 0 Å². The summed E-state index contributed by atoms with van der Waals surface area (Å²) in [7, 11) is 0. The summed E-state index contributed by atoms with van der Waals surface area (Å²) in [6, 6.07) is 0. The van der Waals surface area contributed by atoms with Crippen LogP contribution >= 0.6 is 0 Å². The zero-order valence-electron chi connectivity index (χ0n) is 13.9. The molecule has 0 rings (SSSR count). The second-order valence-corrected chi connectivity index (χ2v) is 5.49. The van der Waals surface area contributed by atoms with Gasteiger partial charge in [0.15, 0.2) is 0 Å². The van der Waals surface area contributed by atoms with Crippen LogP contribution in [0, 0.1) is 0 Å². The molecule has 0 heterocycles. The first kappa shape index (κ1) is 20.4. The fourth-order valence-electron chi connectivity index (χ4n) is 2.23. The maximum absolute atomic E-state index is 11.1. The van der Waals surface area contributed by atoms with E-state index >= 15 is 0 Å². The minimum Gasteiger partial charge on any atom is -0.466 e. The first-order chi connectivity index (χ1) is 10.3. The average molecular weight is 301 g/mol. The molecule has 0 aromatic heterocycles. The Hall–Kier alpha value is -0.610. The molecule has 4 heteroatoms. The SMILES string of the molecule is CCOC(=O)CCCCCCCCCCCOCCCN. The number of nitrogens with two attached hydrogens (primary N) is 1. The highest BCUT2D eigenvalue weighted by atomic mass is 16.5. The van der Waals surface area contributed by atoms with Gasteiger partial charge in [0.2, 0.25) is 0 Å². The van der Waals surface area contributed by atoms with Gasteiger partial charge in [0.1, 0.15) is 0 Å². The summed E-state index contributed by atoms with van der Waals surface area (Å²) >= 11 is 0. The standard InChI is InChI=1S/C17H35NO3/c1-2-21-17(19)13-10-8-6-4-3-5-7-9-11-15-20-16-12-14-18/h2-16,18H2,1H3. The Labute approximate surface area is 130 Å². The van der Waals surface area contributed by atoms with Crippen molar-refractivity contribution in [2.75, 3.05) is 26.4 Å². The molecule has 0 unspecified atom stereocenters. The summed E-state index contributed by atoms with van der Waals surface area (Å²) in [5.74, 6) is -0.0498. The van der Waals surface area contributed by atoms with Gasteiger partial charge in [-0.05, 0) is 32.7 Å². The van der Waals surface area contributed by atoms with Crippen LogP contribution in [0.25, 0.3) is 0 Å². The van der Waals surface area contributed by atoms with Crippen LogP contribution in [0.1, 0.15) is 77.6 Å². The van der Waals surface area contributed by atoms with Gasteiger partial charge in [-0.25, -0.2) is 0 Å². The number of unbranched alkanes of at least 4 members (excludes halogenated alkanes) is 8. The number of ether oxygens (including phenoxy) is 2. The lowest BCUT2D eigenvalue weighted by atomic mass is 10.1. The van der Waals surface area contributed by atoms with Gasteiger partial charge < -0.3 is 15.2 Å². The molecule has 2 N–H and O–H groups in total. The Bertz CT molecular complexity index is 222. The van der Waals surface area contributed by atoms with Gasteiger partial charge in [0.25, 0.3) is 0 Å². The third kappa shape index (κ3) is 17.3. The lowest BCUT2D eigenvalue weighted by Crippen LogP contribution is -2.04. The van der Waals surface area contributed by atoms with Gasteiger partial charge in [-0.1, -0.05) is 44.9 Å². The Morgan fingerprint density at radius 1 is 0.810 bits per heavy atom. The van der Waals surface area contributed by atoms with Gasteiger partial charge in [-0.2, -0.15) is 0 Å². The number of rotatable bonds is 16. The molecule has 0 atom stereocenters. The fraction of sp³-hybridized carbons (Fsp3) is 0.941. The van der Waals surface area contributed by atoms with Crippen molar-refractivity contribution in [2.24, 2.45) is 5.73 Å². The van der Waals surface area contributed by atoms with Gasteiger partial charge >= 0.3 is 5.97 Å². The predicted molar refractivity (Wildman–Crippen MR) is 87.3 cm³/mol. The molecular formula is C17H35NO3. The van der Waals surface area contributed by atoms with Crippen molar-refractivity contribution in [1.29, 1.82) is 0 Å². The van der Waals surface area contributed by atoms with Gasteiger partial charge in [-0.3, -0.25) is 4.79 Å². The topological polar surface area (TPSA) is 61.5 Å². The maximum Gasteiger partial charge on any atom is 0.305 e. The minimum absolute atomic E-state index is 0.0498. The van der Waals surface area contributed by atoms with E-state index in [4.69, 9.17) is 15.2 Å². The molecule has 0 aliphatic heterocycles. The van der Waals surface area contributed by atoms with E-state index in [1.165, 1.54) is 44.9 Å². The number of esters is 1. The molecule has 0 aliphatic rings. The number of carbonyl (C=O) groups excluding carboxylic acids is 1. The molecule has 0 aromatic carbocycles. The first-order valence-corrected chi connectivity index (χ1v) is 8.74. The molecule has 0 radical (unpaired) electrons. The van der Waals surface area contributed by atoms with Crippen LogP contribution in [-0.4, -0.2) is 32.3 Å². The summed E-state index contributed by atoms with van der Waals surface area (Å²) in [6.45, 7) is 4.76. The van der Waals surface area contributed by atoms with E-state index in [-0.39, 0.29) is 5.97 Å². The molecule has 0 fully saturated rings. The van der Waals surface area contributed by atoms with Crippen LogP contribution in [0.2, 0.25) is 0 Å². The third-order valence-corrected chi connectivity index (χ3v) is 3.47. The molecule has 0 spiro atoms. The highest BCUT2D eigenvalue weighted by Gasteiger charge is 2.00. The average Bonchev–Trinajstić information content (AvgIpc) is 2.48. The second-order valence-electron chi connectivity index (χ2n) is 5.49. The van der Waals surface area contributed by atoms with Crippen molar-refractivity contribution < 1.29 is 14.3 Å². The lowest BCUT2D eigenvalue weighted by molar-refractivity contribution is -0.143. The van der Waals surface area contributed by atoms with Crippen LogP contribution in [-0.2, 0) is 14.3 Å². The molecule has 0 aromatic rings. The highest BCUT2D eigenvalue weighted by molar-refractivity contribution is 5.69. The Balaban J connectivity index is 3.01. The van der Waals surface area contributed by atoms with E-state index in [0.29, 0.717) is 13.0 Å². The van der Waals surface area contributed by atoms with E-state index < -0.39 is 0 Å². The van der Waals surface area contributed by atoms with Crippen molar-refractivity contribution >= 4 is 5.97 Å². The van der Waals surface area contributed by atoms with Crippen molar-refractivity contribution in [3.8, 4) is 0 Å². The van der Waals surface area contributed by atoms with Crippen molar-refractivity contribution in [2.45, 2.75) is 77.6 Å². The van der Waals surface area contributed by atoms with Crippen molar-refractivity contribution in [1.82, 2.24) is 0 Å². The van der Waals surface area contributed by atoms with E-state index in [9.17, 15) is 4.79 Å². The van der Waals surface area contributed by atoms with Gasteiger partial charge in [0.05, 0.1) is 6.61 Å². The summed E-state index contributed by atoms with van der Waals surface area (Å²) < 4.78 is 10.4. The number of hydrogen-bond acceptors (Lipinski definition) is 4. The second kappa shape index (κ2) is 17.4. The Kier molecular flexibility index (Phi) is 16.9. The van der Waals surface area contributed by atoms with Crippen LogP contribution < -0.4 is 5.73 Å². The van der Waals surface area contributed by atoms with Crippen molar-refractivity contribution in [3.63, 3.8) is 0 Å². The maximum atomic E-state index is 11.1. The molecule has 0 bridgehead atoms. The summed E-state index contributed by atoms with van der Waals surface area (Å²) in [5.41, 5.74) is 5.39. The summed E-state index contributed by atoms with van der Waals surface area (Å²) in [4.78, 5) is 11.1. The van der Waals surface area contributed by atoms with Crippen LogP contribution in [0.4, 0.5) is 0 Å². The van der Waals surface area contributed by atoms with Gasteiger partial charge in [-0.15, -0.1) is 0 Å². The molecule has 126 valence electrons. The molecule has 0 aliphatic carbocycles.